The summed E-state index contributed by atoms with van der Waals surface area (Å²) in [6, 6.07) is 3.59. The van der Waals surface area contributed by atoms with Gasteiger partial charge < -0.3 is 10.6 Å². The van der Waals surface area contributed by atoms with Crippen LogP contribution in [0.2, 0.25) is 5.02 Å². The van der Waals surface area contributed by atoms with Gasteiger partial charge in [0, 0.05) is 6.54 Å². The molecule has 0 saturated heterocycles. The van der Waals surface area contributed by atoms with Crippen molar-refractivity contribution in [2.75, 3.05) is 11.9 Å². The lowest BCUT2D eigenvalue weighted by atomic mass is 10.2. The van der Waals surface area contributed by atoms with Crippen LogP contribution >= 0.6 is 11.6 Å². The third kappa shape index (κ3) is 3.38. The lowest BCUT2D eigenvalue weighted by Gasteiger charge is -2.15. The van der Waals surface area contributed by atoms with Gasteiger partial charge in [0.15, 0.2) is 0 Å². The first-order valence-corrected chi connectivity index (χ1v) is 5.41. The molecular formula is C11H14ClFN2O. The van der Waals surface area contributed by atoms with Gasteiger partial charge in [-0.3, -0.25) is 4.79 Å². The van der Waals surface area contributed by atoms with Crippen LogP contribution in [-0.4, -0.2) is 18.5 Å². The minimum absolute atomic E-state index is 0.122. The van der Waals surface area contributed by atoms with E-state index in [1.807, 2.05) is 6.92 Å². The number of likely N-dealkylation sites (N-methyl/N-ethyl adjacent to an activating group) is 1. The van der Waals surface area contributed by atoms with Crippen LogP contribution in [-0.2, 0) is 4.79 Å². The highest BCUT2D eigenvalue weighted by Gasteiger charge is 2.12. The maximum Gasteiger partial charge on any atom is 0.242 e. The van der Waals surface area contributed by atoms with Crippen LogP contribution in [0.15, 0.2) is 18.2 Å². The van der Waals surface area contributed by atoms with Gasteiger partial charge in [-0.2, -0.15) is 0 Å². The molecule has 0 aliphatic heterocycles. The zero-order valence-electron chi connectivity index (χ0n) is 9.18. The third-order valence-corrected chi connectivity index (χ3v) is 2.36. The number of rotatable bonds is 4. The number of hydrogen-bond donors (Lipinski definition) is 2. The average molecular weight is 245 g/mol. The van der Waals surface area contributed by atoms with Gasteiger partial charge in [-0.05, 0) is 32.0 Å². The van der Waals surface area contributed by atoms with Crippen LogP contribution < -0.4 is 10.6 Å². The van der Waals surface area contributed by atoms with Gasteiger partial charge in [-0.15, -0.1) is 0 Å². The molecule has 88 valence electrons. The molecule has 1 amide bonds. The van der Waals surface area contributed by atoms with E-state index in [1.165, 1.54) is 18.2 Å². The Labute approximate surface area is 99.0 Å². The van der Waals surface area contributed by atoms with Crippen molar-refractivity contribution in [1.29, 1.82) is 0 Å². The second-order valence-electron chi connectivity index (χ2n) is 3.38. The quantitative estimate of drug-likeness (QED) is 0.854. The summed E-state index contributed by atoms with van der Waals surface area (Å²) in [6.07, 6.45) is 0. The van der Waals surface area contributed by atoms with Crippen molar-refractivity contribution < 1.29 is 9.18 Å². The first kappa shape index (κ1) is 12.8. The SMILES string of the molecule is CCNC(=O)C(C)Nc1ccc(F)cc1Cl. The first-order chi connectivity index (χ1) is 7.54. The second-order valence-corrected chi connectivity index (χ2v) is 3.79. The van der Waals surface area contributed by atoms with Gasteiger partial charge in [0.2, 0.25) is 5.91 Å². The molecule has 0 bridgehead atoms. The first-order valence-electron chi connectivity index (χ1n) is 5.04. The summed E-state index contributed by atoms with van der Waals surface area (Å²) >= 11 is 5.82. The maximum atomic E-state index is 12.8. The Morgan fingerprint density at radius 3 is 2.81 bits per heavy atom. The highest BCUT2D eigenvalue weighted by Crippen LogP contribution is 2.22. The van der Waals surface area contributed by atoms with E-state index in [-0.39, 0.29) is 10.9 Å². The molecule has 2 N–H and O–H groups in total. The third-order valence-electron chi connectivity index (χ3n) is 2.05. The lowest BCUT2D eigenvalue weighted by Crippen LogP contribution is -2.37. The van der Waals surface area contributed by atoms with Crippen LogP contribution in [0.1, 0.15) is 13.8 Å². The van der Waals surface area contributed by atoms with Crippen LogP contribution in [0.25, 0.3) is 0 Å². The van der Waals surface area contributed by atoms with E-state index in [2.05, 4.69) is 10.6 Å². The van der Waals surface area contributed by atoms with E-state index in [4.69, 9.17) is 11.6 Å². The van der Waals surface area contributed by atoms with E-state index in [9.17, 15) is 9.18 Å². The Kier molecular flexibility index (Phi) is 4.55. The number of benzene rings is 1. The molecule has 0 radical (unpaired) electrons. The number of anilines is 1. The number of amides is 1. The van der Waals surface area contributed by atoms with Crippen molar-refractivity contribution in [3.8, 4) is 0 Å². The zero-order chi connectivity index (χ0) is 12.1. The minimum Gasteiger partial charge on any atom is -0.373 e. The molecule has 0 heterocycles. The molecule has 0 aromatic heterocycles. The molecule has 5 heteroatoms. The fourth-order valence-corrected chi connectivity index (χ4v) is 1.45. The molecule has 1 aromatic carbocycles. The van der Waals surface area contributed by atoms with Gasteiger partial charge in [0.05, 0.1) is 10.7 Å². The summed E-state index contributed by atoms with van der Waals surface area (Å²) in [6.45, 7) is 4.13. The van der Waals surface area contributed by atoms with Gasteiger partial charge in [0.1, 0.15) is 11.9 Å². The van der Waals surface area contributed by atoms with Crippen molar-refractivity contribution in [3.05, 3.63) is 29.0 Å². The largest absolute Gasteiger partial charge is 0.373 e. The van der Waals surface area contributed by atoms with Crippen molar-refractivity contribution in [2.24, 2.45) is 0 Å². The lowest BCUT2D eigenvalue weighted by molar-refractivity contribution is -0.121. The topological polar surface area (TPSA) is 41.1 Å². The number of carbonyl (C=O) groups is 1. The van der Waals surface area contributed by atoms with E-state index in [0.29, 0.717) is 12.2 Å². The summed E-state index contributed by atoms with van der Waals surface area (Å²) in [4.78, 5) is 11.4. The van der Waals surface area contributed by atoms with E-state index in [0.717, 1.165) is 0 Å². The van der Waals surface area contributed by atoms with Gasteiger partial charge >= 0.3 is 0 Å². The molecule has 1 unspecified atom stereocenters. The highest BCUT2D eigenvalue weighted by molar-refractivity contribution is 6.33. The second kappa shape index (κ2) is 5.70. The van der Waals surface area contributed by atoms with Crippen molar-refractivity contribution in [1.82, 2.24) is 5.32 Å². The van der Waals surface area contributed by atoms with Crippen molar-refractivity contribution in [2.45, 2.75) is 19.9 Å². The van der Waals surface area contributed by atoms with E-state index < -0.39 is 11.9 Å². The molecule has 1 rings (SSSR count). The Hall–Kier alpha value is -1.29. The molecule has 0 fully saturated rings. The molecule has 0 spiro atoms. The molecule has 0 aliphatic rings. The molecule has 3 nitrogen and oxygen atoms in total. The molecular weight excluding hydrogens is 231 g/mol. The van der Waals surface area contributed by atoms with Gasteiger partial charge in [-0.25, -0.2) is 4.39 Å². The zero-order valence-corrected chi connectivity index (χ0v) is 9.94. The van der Waals surface area contributed by atoms with Crippen LogP contribution in [0.3, 0.4) is 0 Å². The fourth-order valence-electron chi connectivity index (χ4n) is 1.23. The highest BCUT2D eigenvalue weighted by atomic mass is 35.5. The number of hydrogen-bond acceptors (Lipinski definition) is 2. The Balaban J connectivity index is 2.69. The fraction of sp³-hybridized carbons (Fsp3) is 0.364. The molecule has 0 aliphatic carbocycles. The minimum atomic E-state index is -0.414. The summed E-state index contributed by atoms with van der Waals surface area (Å²) in [5.74, 6) is -0.524. The smallest absolute Gasteiger partial charge is 0.242 e. The Morgan fingerprint density at radius 1 is 1.56 bits per heavy atom. The average Bonchev–Trinajstić information content (AvgIpc) is 2.22. The van der Waals surface area contributed by atoms with Crippen LogP contribution in [0.5, 0.6) is 0 Å². The number of nitrogens with one attached hydrogen (secondary N) is 2. The maximum absolute atomic E-state index is 12.8. The molecule has 0 saturated carbocycles. The Morgan fingerprint density at radius 2 is 2.25 bits per heavy atom. The summed E-state index contributed by atoms with van der Waals surface area (Å²) in [7, 11) is 0. The number of carbonyl (C=O) groups excluding carboxylic acids is 1. The predicted molar refractivity (Wildman–Crippen MR) is 63.2 cm³/mol. The van der Waals surface area contributed by atoms with Crippen LogP contribution in [0, 0.1) is 5.82 Å². The summed E-state index contributed by atoms with van der Waals surface area (Å²) in [5.41, 5.74) is 0.543. The van der Waals surface area contributed by atoms with Gasteiger partial charge in [0.25, 0.3) is 0 Å². The summed E-state index contributed by atoms with van der Waals surface area (Å²) in [5, 5.41) is 5.85. The normalized spacial score (nSPS) is 12.0. The monoisotopic (exact) mass is 244 g/mol. The number of halogens is 2. The van der Waals surface area contributed by atoms with Gasteiger partial charge in [-0.1, -0.05) is 11.6 Å². The molecule has 16 heavy (non-hydrogen) atoms. The van der Waals surface area contributed by atoms with Crippen molar-refractivity contribution in [3.63, 3.8) is 0 Å². The van der Waals surface area contributed by atoms with E-state index in [1.54, 1.807) is 6.92 Å². The predicted octanol–water partition coefficient (Wildman–Crippen LogP) is 2.42. The summed E-state index contributed by atoms with van der Waals surface area (Å²) < 4.78 is 12.8. The Bertz CT molecular complexity index is 384. The molecule has 1 aromatic rings. The van der Waals surface area contributed by atoms with Crippen molar-refractivity contribution >= 4 is 23.2 Å². The molecule has 1 atom stereocenters. The standard InChI is InChI=1S/C11H14ClFN2O/c1-3-14-11(16)7(2)15-10-5-4-8(13)6-9(10)12/h4-7,15H,3H2,1-2H3,(H,14,16). The van der Waals surface area contributed by atoms with Crippen LogP contribution in [0.4, 0.5) is 10.1 Å². The van der Waals surface area contributed by atoms with E-state index >= 15 is 0 Å².